The highest BCUT2D eigenvalue weighted by Gasteiger charge is 2.24. The van der Waals surface area contributed by atoms with Crippen molar-refractivity contribution in [3.8, 4) is 0 Å². The van der Waals surface area contributed by atoms with Gasteiger partial charge >= 0.3 is 0 Å². The van der Waals surface area contributed by atoms with Crippen LogP contribution >= 0.6 is 11.6 Å². The SMILES string of the molecule is O=C(Nc1ccc(F)c(C(=O)c2ccc3ncc(N4CCOCC4)nc3c2)c1F)c1ccc(Cl)c(F)c1. The number of aromatic nitrogens is 2. The van der Waals surface area contributed by atoms with Gasteiger partial charge in [0.15, 0.2) is 11.6 Å². The van der Waals surface area contributed by atoms with Gasteiger partial charge in [0.2, 0.25) is 0 Å². The van der Waals surface area contributed by atoms with Crippen LogP contribution in [0.25, 0.3) is 11.0 Å². The van der Waals surface area contributed by atoms with Gasteiger partial charge in [-0.05, 0) is 48.5 Å². The smallest absolute Gasteiger partial charge is 0.255 e. The highest BCUT2D eigenvalue weighted by Crippen LogP contribution is 2.26. The van der Waals surface area contributed by atoms with Gasteiger partial charge in [0, 0.05) is 24.2 Å². The summed E-state index contributed by atoms with van der Waals surface area (Å²) in [5, 5.41) is 2.05. The Bertz CT molecular complexity index is 1540. The van der Waals surface area contributed by atoms with Crippen molar-refractivity contribution in [1.29, 1.82) is 0 Å². The molecule has 1 saturated heterocycles. The quantitative estimate of drug-likeness (QED) is 0.368. The number of carbonyl (C=O) groups excluding carboxylic acids is 2. The summed E-state index contributed by atoms with van der Waals surface area (Å²) in [6.07, 6.45) is 1.62. The molecule has 11 heteroatoms. The van der Waals surface area contributed by atoms with Crippen molar-refractivity contribution >= 4 is 45.8 Å². The van der Waals surface area contributed by atoms with Crippen LogP contribution in [0, 0.1) is 17.5 Å². The molecule has 0 aliphatic carbocycles. The van der Waals surface area contributed by atoms with Crippen molar-refractivity contribution in [2.45, 2.75) is 0 Å². The largest absolute Gasteiger partial charge is 0.378 e. The molecule has 1 aromatic heterocycles. The molecule has 1 fully saturated rings. The zero-order valence-electron chi connectivity index (χ0n) is 19.1. The zero-order chi connectivity index (χ0) is 26.1. The number of amides is 1. The fourth-order valence-electron chi connectivity index (χ4n) is 3.92. The molecule has 1 N–H and O–H groups in total. The summed E-state index contributed by atoms with van der Waals surface area (Å²) >= 11 is 5.62. The number of morpholine rings is 1. The van der Waals surface area contributed by atoms with Gasteiger partial charge < -0.3 is 15.0 Å². The lowest BCUT2D eigenvalue weighted by atomic mass is 10.0. The van der Waals surface area contributed by atoms with Crippen molar-refractivity contribution in [1.82, 2.24) is 9.97 Å². The zero-order valence-corrected chi connectivity index (χ0v) is 19.9. The van der Waals surface area contributed by atoms with Gasteiger partial charge in [-0.1, -0.05) is 11.6 Å². The molecule has 37 heavy (non-hydrogen) atoms. The van der Waals surface area contributed by atoms with Crippen LogP contribution in [-0.2, 0) is 4.74 Å². The molecule has 0 atom stereocenters. The first-order chi connectivity index (χ1) is 17.8. The van der Waals surface area contributed by atoms with Crippen molar-refractivity contribution in [2.24, 2.45) is 0 Å². The number of fused-ring (bicyclic) bond motifs is 1. The molecule has 7 nitrogen and oxygen atoms in total. The van der Waals surface area contributed by atoms with Gasteiger partial charge in [0.25, 0.3) is 5.91 Å². The standard InChI is InChI=1S/C26H18ClF3N4O3/c27-16-3-1-15(11-18(16)29)26(36)33-20-6-4-17(28)23(24(20)30)25(35)14-2-5-19-21(12-14)32-22(13-31-19)34-7-9-37-10-8-34/h1-6,11-13H,7-10H2,(H,33,36). The second-order valence-electron chi connectivity index (χ2n) is 8.23. The summed E-state index contributed by atoms with van der Waals surface area (Å²) in [6, 6.07) is 9.49. The van der Waals surface area contributed by atoms with Crippen LogP contribution < -0.4 is 10.2 Å². The first-order valence-electron chi connectivity index (χ1n) is 11.2. The summed E-state index contributed by atoms with van der Waals surface area (Å²) in [6.45, 7) is 2.38. The van der Waals surface area contributed by atoms with Crippen LogP contribution in [-0.4, -0.2) is 48.0 Å². The highest BCUT2D eigenvalue weighted by atomic mass is 35.5. The van der Waals surface area contributed by atoms with E-state index in [4.69, 9.17) is 16.3 Å². The molecular formula is C26H18ClF3N4O3. The Kier molecular flexibility index (Phi) is 6.77. The average molecular weight is 527 g/mol. The number of ether oxygens (including phenoxy) is 1. The van der Waals surface area contributed by atoms with Gasteiger partial charge in [0.1, 0.15) is 17.5 Å². The summed E-state index contributed by atoms with van der Waals surface area (Å²) in [4.78, 5) is 36.6. The molecule has 2 heterocycles. The average Bonchev–Trinajstić information content (AvgIpc) is 2.91. The number of hydrogen-bond donors (Lipinski definition) is 1. The summed E-state index contributed by atoms with van der Waals surface area (Å²) < 4.78 is 49.0. The fraction of sp³-hybridized carbons (Fsp3) is 0.154. The molecule has 1 amide bonds. The lowest BCUT2D eigenvalue weighted by Crippen LogP contribution is -2.36. The third-order valence-corrected chi connectivity index (χ3v) is 6.18. The van der Waals surface area contributed by atoms with E-state index in [9.17, 15) is 18.4 Å². The third-order valence-electron chi connectivity index (χ3n) is 5.87. The van der Waals surface area contributed by atoms with E-state index < -0.39 is 40.4 Å². The fourth-order valence-corrected chi connectivity index (χ4v) is 4.04. The van der Waals surface area contributed by atoms with Crippen LogP contribution in [0.15, 0.2) is 54.7 Å². The molecular weight excluding hydrogens is 509 g/mol. The maximum absolute atomic E-state index is 15.3. The van der Waals surface area contributed by atoms with Crippen molar-refractivity contribution in [3.63, 3.8) is 0 Å². The Morgan fingerprint density at radius 1 is 0.919 bits per heavy atom. The number of nitrogens with zero attached hydrogens (tertiary/aromatic N) is 3. The Labute approximate surface area is 213 Å². The Balaban J connectivity index is 1.45. The third kappa shape index (κ3) is 4.98. The van der Waals surface area contributed by atoms with Crippen molar-refractivity contribution in [3.05, 3.63) is 93.9 Å². The summed E-state index contributed by atoms with van der Waals surface area (Å²) in [5.41, 5.74) is -0.558. The van der Waals surface area contributed by atoms with E-state index in [1.165, 1.54) is 30.3 Å². The molecule has 0 spiro atoms. The van der Waals surface area contributed by atoms with E-state index in [-0.39, 0.29) is 16.1 Å². The van der Waals surface area contributed by atoms with Gasteiger partial charge in [-0.2, -0.15) is 0 Å². The minimum absolute atomic E-state index is 0.0121. The Hall–Kier alpha value is -4.02. The van der Waals surface area contributed by atoms with Crippen LogP contribution in [0.5, 0.6) is 0 Å². The van der Waals surface area contributed by atoms with Crippen LogP contribution in [0.3, 0.4) is 0 Å². The number of halogens is 4. The molecule has 0 bridgehead atoms. The highest BCUT2D eigenvalue weighted by molar-refractivity contribution is 6.30. The number of benzene rings is 3. The first-order valence-corrected chi connectivity index (χ1v) is 11.6. The molecule has 1 aliphatic heterocycles. The lowest BCUT2D eigenvalue weighted by Gasteiger charge is -2.27. The molecule has 0 unspecified atom stereocenters. The summed E-state index contributed by atoms with van der Waals surface area (Å²) in [7, 11) is 0. The molecule has 0 radical (unpaired) electrons. The van der Waals surface area contributed by atoms with E-state index in [1.54, 1.807) is 6.20 Å². The normalized spacial score (nSPS) is 13.6. The second kappa shape index (κ2) is 10.2. The predicted octanol–water partition coefficient (Wildman–Crippen LogP) is 5.02. The minimum atomic E-state index is -1.26. The van der Waals surface area contributed by atoms with Crippen LogP contribution in [0.2, 0.25) is 5.02 Å². The number of nitrogens with one attached hydrogen (secondary N) is 1. The van der Waals surface area contributed by atoms with E-state index in [1.807, 2.05) is 4.90 Å². The van der Waals surface area contributed by atoms with Crippen molar-refractivity contribution < 1.29 is 27.5 Å². The second-order valence-corrected chi connectivity index (χ2v) is 8.63. The van der Waals surface area contributed by atoms with E-state index in [0.717, 1.165) is 18.2 Å². The predicted molar refractivity (Wildman–Crippen MR) is 132 cm³/mol. The number of rotatable bonds is 5. The molecule has 188 valence electrons. The van der Waals surface area contributed by atoms with Crippen LogP contribution in [0.1, 0.15) is 26.3 Å². The first kappa shape index (κ1) is 24.7. The maximum atomic E-state index is 15.3. The van der Waals surface area contributed by atoms with Gasteiger partial charge in [0.05, 0.1) is 46.7 Å². The van der Waals surface area contributed by atoms with Gasteiger partial charge in [-0.3, -0.25) is 14.6 Å². The minimum Gasteiger partial charge on any atom is -0.378 e. The monoisotopic (exact) mass is 526 g/mol. The number of hydrogen-bond acceptors (Lipinski definition) is 6. The van der Waals surface area contributed by atoms with E-state index >= 15 is 4.39 Å². The molecule has 0 saturated carbocycles. The number of carbonyl (C=O) groups is 2. The van der Waals surface area contributed by atoms with Crippen LogP contribution in [0.4, 0.5) is 24.7 Å². The lowest BCUT2D eigenvalue weighted by molar-refractivity contribution is 0.101. The van der Waals surface area contributed by atoms with E-state index in [2.05, 4.69) is 15.3 Å². The number of ketones is 1. The molecule has 3 aromatic carbocycles. The maximum Gasteiger partial charge on any atom is 0.255 e. The Morgan fingerprint density at radius 2 is 1.68 bits per heavy atom. The summed E-state index contributed by atoms with van der Waals surface area (Å²) in [5.74, 6) is -4.41. The molecule has 5 rings (SSSR count). The van der Waals surface area contributed by atoms with Gasteiger partial charge in [-0.15, -0.1) is 0 Å². The molecule has 4 aromatic rings. The topological polar surface area (TPSA) is 84.4 Å². The van der Waals surface area contributed by atoms with Gasteiger partial charge in [-0.25, -0.2) is 18.2 Å². The number of anilines is 2. The Morgan fingerprint density at radius 3 is 2.43 bits per heavy atom. The molecule has 1 aliphatic rings. The van der Waals surface area contributed by atoms with E-state index in [0.29, 0.717) is 43.2 Å². The van der Waals surface area contributed by atoms with Crippen molar-refractivity contribution in [2.75, 3.05) is 36.5 Å².